The zero-order valence-electron chi connectivity index (χ0n) is 13.9. The molecule has 1 N–H and O–H groups in total. The average molecular weight is 358 g/mol. The topological polar surface area (TPSA) is 57.6 Å². The molecule has 0 bridgehead atoms. The molecule has 1 aliphatic rings. The minimum Gasteiger partial charge on any atom is -0.481 e. The average Bonchev–Trinajstić information content (AvgIpc) is 3.07. The second-order valence-electron chi connectivity index (χ2n) is 6.48. The summed E-state index contributed by atoms with van der Waals surface area (Å²) in [5.41, 5.74) is 1.80. The summed E-state index contributed by atoms with van der Waals surface area (Å²) >= 11 is 6.02. The summed E-state index contributed by atoms with van der Waals surface area (Å²) in [6, 6.07) is 16.8. The van der Waals surface area contributed by atoms with E-state index in [9.17, 15) is 14.7 Å². The number of carboxylic acids is 1. The van der Waals surface area contributed by atoms with E-state index in [0.29, 0.717) is 11.6 Å². The highest BCUT2D eigenvalue weighted by Gasteiger charge is 2.41. The Labute approximate surface area is 152 Å². The van der Waals surface area contributed by atoms with Crippen molar-refractivity contribution in [2.24, 2.45) is 5.92 Å². The molecule has 130 valence electrons. The van der Waals surface area contributed by atoms with Crippen LogP contribution in [0, 0.1) is 5.92 Å². The van der Waals surface area contributed by atoms with Crippen LogP contribution < -0.4 is 0 Å². The number of nitrogens with zero attached hydrogens (tertiary/aromatic N) is 1. The molecule has 3 atom stereocenters. The van der Waals surface area contributed by atoms with Crippen molar-refractivity contribution in [3.05, 3.63) is 70.7 Å². The zero-order valence-corrected chi connectivity index (χ0v) is 14.7. The Morgan fingerprint density at radius 3 is 2.48 bits per heavy atom. The molecular weight excluding hydrogens is 338 g/mol. The van der Waals surface area contributed by atoms with Crippen LogP contribution in [0.3, 0.4) is 0 Å². The third-order valence-corrected chi connectivity index (χ3v) is 5.13. The maximum Gasteiger partial charge on any atom is 0.308 e. The van der Waals surface area contributed by atoms with E-state index < -0.39 is 11.9 Å². The molecule has 0 saturated carbocycles. The van der Waals surface area contributed by atoms with Crippen LogP contribution in [0.5, 0.6) is 0 Å². The van der Waals surface area contributed by atoms with Gasteiger partial charge in [0.15, 0.2) is 0 Å². The number of halogens is 1. The van der Waals surface area contributed by atoms with Gasteiger partial charge in [-0.3, -0.25) is 9.59 Å². The molecule has 1 heterocycles. The van der Waals surface area contributed by atoms with E-state index in [1.54, 1.807) is 17.0 Å². The predicted octanol–water partition coefficient (Wildman–Crippen LogP) is 3.77. The normalized spacial score (nSPS) is 21.1. The smallest absolute Gasteiger partial charge is 0.308 e. The van der Waals surface area contributed by atoms with Crippen LogP contribution in [0.25, 0.3) is 0 Å². The Balaban J connectivity index is 1.81. The second-order valence-corrected chi connectivity index (χ2v) is 6.92. The van der Waals surface area contributed by atoms with Crippen molar-refractivity contribution in [2.45, 2.75) is 18.8 Å². The largest absolute Gasteiger partial charge is 0.481 e. The number of benzene rings is 2. The van der Waals surface area contributed by atoms with Gasteiger partial charge in [-0.25, -0.2) is 0 Å². The molecule has 1 amide bonds. The van der Waals surface area contributed by atoms with Crippen LogP contribution in [-0.4, -0.2) is 35.0 Å². The monoisotopic (exact) mass is 357 g/mol. The van der Waals surface area contributed by atoms with Crippen molar-refractivity contribution < 1.29 is 14.7 Å². The minimum absolute atomic E-state index is 0.0630. The first kappa shape index (κ1) is 17.5. The van der Waals surface area contributed by atoms with Gasteiger partial charge in [0.1, 0.15) is 0 Å². The molecule has 0 aliphatic carbocycles. The number of carbonyl (C=O) groups excluding carboxylic acids is 1. The summed E-state index contributed by atoms with van der Waals surface area (Å²) in [4.78, 5) is 26.2. The first-order valence-corrected chi connectivity index (χ1v) is 8.67. The van der Waals surface area contributed by atoms with Crippen molar-refractivity contribution >= 4 is 23.5 Å². The van der Waals surface area contributed by atoms with Gasteiger partial charge in [-0.2, -0.15) is 0 Å². The summed E-state index contributed by atoms with van der Waals surface area (Å²) < 4.78 is 0. The molecule has 2 aromatic rings. The Hall–Kier alpha value is -2.33. The molecule has 1 fully saturated rings. The molecular formula is C20H20ClNO3. The third kappa shape index (κ3) is 3.69. The number of likely N-dealkylation sites (tertiary alicyclic amines) is 1. The highest BCUT2D eigenvalue weighted by atomic mass is 35.5. The number of carboxylic acid groups (broad SMARTS) is 1. The summed E-state index contributed by atoms with van der Waals surface area (Å²) in [6.45, 7) is 2.49. The van der Waals surface area contributed by atoms with Gasteiger partial charge in [0.2, 0.25) is 5.91 Å². The minimum atomic E-state index is -0.862. The lowest BCUT2D eigenvalue weighted by Gasteiger charge is -2.21. The lowest BCUT2D eigenvalue weighted by Crippen LogP contribution is -2.33. The number of hydrogen-bond donors (Lipinski definition) is 1. The highest BCUT2D eigenvalue weighted by Crippen LogP contribution is 2.34. The Kier molecular flexibility index (Phi) is 5.09. The molecule has 1 aliphatic heterocycles. The molecule has 0 radical (unpaired) electrons. The summed E-state index contributed by atoms with van der Waals surface area (Å²) in [6.07, 6.45) is 0. The van der Waals surface area contributed by atoms with Crippen molar-refractivity contribution in [1.82, 2.24) is 4.90 Å². The quantitative estimate of drug-likeness (QED) is 0.906. The lowest BCUT2D eigenvalue weighted by molar-refractivity contribution is -0.141. The SMILES string of the molecule is CC(C(=O)N1CC(C(=O)O)C(c2ccccc2)C1)c1cccc(Cl)c1. The standard InChI is InChI=1S/C20H20ClNO3/c1-13(15-8-5-9-16(21)10-15)19(23)22-11-17(18(12-22)20(24)25)14-6-3-2-4-7-14/h2-10,13,17-18H,11-12H2,1H3,(H,24,25). The van der Waals surface area contributed by atoms with Crippen LogP contribution >= 0.6 is 11.6 Å². The molecule has 0 spiro atoms. The van der Waals surface area contributed by atoms with Crippen LogP contribution in [0.2, 0.25) is 5.02 Å². The molecule has 3 rings (SSSR count). The summed E-state index contributed by atoms with van der Waals surface area (Å²) in [5.74, 6) is -2.05. The molecule has 2 aromatic carbocycles. The van der Waals surface area contributed by atoms with E-state index in [1.807, 2.05) is 49.4 Å². The Morgan fingerprint density at radius 2 is 1.84 bits per heavy atom. The third-order valence-electron chi connectivity index (χ3n) is 4.90. The molecule has 4 nitrogen and oxygen atoms in total. The van der Waals surface area contributed by atoms with Crippen molar-refractivity contribution in [2.75, 3.05) is 13.1 Å². The summed E-state index contributed by atoms with van der Waals surface area (Å²) in [7, 11) is 0. The van der Waals surface area contributed by atoms with Crippen LogP contribution in [0.4, 0.5) is 0 Å². The molecule has 25 heavy (non-hydrogen) atoms. The lowest BCUT2D eigenvalue weighted by atomic mass is 9.89. The van der Waals surface area contributed by atoms with E-state index >= 15 is 0 Å². The molecule has 5 heteroatoms. The van der Waals surface area contributed by atoms with Gasteiger partial charge in [-0.1, -0.05) is 54.1 Å². The maximum atomic E-state index is 12.9. The molecule has 3 unspecified atom stereocenters. The van der Waals surface area contributed by atoms with E-state index in [4.69, 9.17) is 11.6 Å². The van der Waals surface area contributed by atoms with Gasteiger partial charge in [-0.15, -0.1) is 0 Å². The summed E-state index contributed by atoms with van der Waals surface area (Å²) in [5, 5.41) is 10.2. The fourth-order valence-electron chi connectivity index (χ4n) is 3.46. The predicted molar refractivity (Wildman–Crippen MR) is 96.8 cm³/mol. The second kappa shape index (κ2) is 7.28. The number of aliphatic carboxylic acids is 1. The van der Waals surface area contributed by atoms with Crippen molar-refractivity contribution in [3.8, 4) is 0 Å². The maximum absolute atomic E-state index is 12.9. The zero-order chi connectivity index (χ0) is 18.0. The Bertz CT molecular complexity index is 778. The molecule has 1 saturated heterocycles. The first-order chi connectivity index (χ1) is 12.0. The van der Waals surface area contributed by atoms with E-state index in [1.165, 1.54) is 0 Å². The van der Waals surface area contributed by atoms with E-state index in [2.05, 4.69) is 0 Å². The van der Waals surface area contributed by atoms with Gasteiger partial charge in [0.25, 0.3) is 0 Å². The number of amides is 1. The van der Waals surface area contributed by atoms with Crippen LogP contribution in [0.15, 0.2) is 54.6 Å². The van der Waals surface area contributed by atoms with Gasteiger partial charge in [0, 0.05) is 24.0 Å². The first-order valence-electron chi connectivity index (χ1n) is 8.29. The van der Waals surface area contributed by atoms with Crippen LogP contribution in [0.1, 0.15) is 29.9 Å². The van der Waals surface area contributed by atoms with Crippen molar-refractivity contribution in [3.63, 3.8) is 0 Å². The van der Waals surface area contributed by atoms with E-state index in [-0.39, 0.29) is 24.3 Å². The Morgan fingerprint density at radius 1 is 1.12 bits per heavy atom. The van der Waals surface area contributed by atoms with Gasteiger partial charge < -0.3 is 10.0 Å². The van der Waals surface area contributed by atoms with E-state index in [0.717, 1.165) is 11.1 Å². The van der Waals surface area contributed by atoms with Gasteiger partial charge in [0.05, 0.1) is 11.8 Å². The number of hydrogen-bond acceptors (Lipinski definition) is 2. The number of carbonyl (C=O) groups is 2. The number of rotatable bonds is 4. The van der Waals surface area contributed by atoms with Gasteiger partial charge in [-0.05, 0) is 30.2 Å². The highest BCUT2D eigenvalue weighted by molar-refractivity contribution is 6.30. The molecule has 0 aromatic heterocycles. The van der Waals surface area contributed by atoms with Crippen LogP contribution in [-0.2, 0) is 9.59 Å². The van der Waals surface area contributed by atoms with Crippen molar-refractivity contribution in [1.29, 1.82) is 0 Å². The van der Waals surface area contributed by atoms with Gasteiger partial charge >= 0.3 is 5.97 Å². The fraction of sp³-hybridized carbons (Fsp3) is 0.300. The fourth-order valence-corrected chi connectivity index (χ4v) is 3.66.